The molecule has 1 aromatic heterocycles. The zero-order valence-electron chi connectivity index (χ0n) is 10.1. The maximum Gasteiger partial charge on any atom is 0.230 e. The van der Waals surface area contributed by atoms with E-state index in [2.05, 4.69) is 5.16 Å². The van der Waals surface area contributed by atoms with Crippen LogP contribution < -0.4 is 19.9 Å². The van der Waals surface area contributed by atoms with Gasteiger partial charge in [-0.3, -0.25) is 0 Å². The zero-order chi connectivity index (χ0) is 13.4. The van der Waals surface area contributed by atoms with E-state index >= 15 is 0 Å². The van der Waals surface area contributed by atoms with Gasteiger partial charge < -0.3 is 24.5 Å². The Hall–Kier alpha value is -2.44. The van der Waals surface area contributed by atoms with Gasteiger partial charge >= 0.3 is 0 Å². The Morgan fingerprint density at radius 1 is 1.37 bits per heavy atom. The Balaban J connectivity index is 2.31. The second-order valence-corrected chi connectivity index (χ2v) is 3.89. The van der Waals surface area contributed by atoms with Crippen LogP contribution in [0.2, 0.25) is 0 Å². The van der Waals surface area contributed by atoms with Gasteiger partial charge in [-0.1, -0.05) is 5.16 Å². The van der Waals surface area contributed by atoms with Crippen molar-refractivity contribution in [1.29, 1.82) is 0 Å². The fourth-order valence-corrected chi connectivity index (χ4v) is 2.02. The Bertz CT molecular complexity index is 626. The summed E-state index contributed by atoms with van der Waals surface area (Å²) in [5, 5.41) is 3.58. The van der Waals surface area contributed by atoms with Crippen molar-refractivity contribution in [3.8, 4) is 28.4 Å². The second kappa shape index (κ2) is 4.34. The Morgan fingerprint density at radius 2 is 2.16 bits per heavy atom. The Morgan fingerprint density at radius 3 is 2.84 bits per heavy atom. The molecule has 19 heavy (non-hydrogen) atoms. The van der Waals surface area contributed by atoms with Crippen LogP contribution in [0.5, 0.6) is 17.2 Å². The minimum Gasteiger partial charge on any atom is -0.493 e. The van der Waals surface area contributed by atoms with Crippen LogP contribution in [0.25, 0.3) is 11.1 Å². The topological polar surface area (TPSA) is 79.7 Å². The van der Waals surface area contributed by atoms with Crippen LogP contribution in [-0.4, -0.2) is 25.5 Å². The average molecular weight is 266 g/mol. The molecule has 1 aliphatic heterocycles. The van der Waals surface area contributed by atoms with Gasteiger partial charge in [0.25, 0.3) is 0 Å². The van der Waals surface area contributed by atoms with Crippen LogP contribution in [0.15, 0.2) is 16.8 Å². The van der Waals surface area contributed by atoms with Gasteiger partial charge in [-0.15, -0.1) is 0 Å². The van der Waals surface area contributed by atoms with Crippen LogP contribution in [0.1, 0.15) is 0 Å². The van der Waals surface area contributed by atoms with Crippen LogP contribution in [-0.2, 0) is 0 Å². The van der Waals surface area contributed by atoms with Crippen molar-refractivity contribution in [2.75, 3.05) is 26.1 Å². The van der Waals surface area contributed by atoms with Crippen molar-refractivity contribution in [1.82, 2.24) is 5.16 Å². The van der Waals surface area contributed by atoms with Gasteiger partial charge in [-0.05, 0) is 0 Å². The molecule has 1 aliphatic rings. The third-order valence-electron chi connectivity index (χ3n) is 2.81. The maximum atomic E-state index is 14.0. The van der Waals surface area contributed by atoms with Crippen LogP contribution in [0.3, 0.4) is 0 Å². The van der Waals surface area contributed by atoms with Gasteiger partial charge in [0.2, 0.25) is 5.88 Å². The van der Waals surface area contributed by atoms with Gasteiger partial charge in [0.15, 0.2) is 23.1 Å². The van der Waals surface area contributed by atoms with E-state index in [0.29, 0.717) is 35.8 Å². The molecule has 6 nitrogen and oxygen atoms in total. The first-order valence-electron chi connectivity index (χ1n) is 5.59. The van der Waals surface area contributed by atoms with Gasteiger partial charge in [-0.2, -0.15) is 0 Å². The summed E-state index contributed by atoms with van der Waals surface area (Å²) < 4.78 is 34.8. The molecule has 7 heteroatoms. The van der Waals surface area contributed by atoms with Crippen LogP contribution in [0.4, 0.5) is 10.3 Å². The van der Waals surface area contributed by atoms with Crippen LogP contribution >= 0.6 is 0 Å². The first-order valence-corrected chi connectivity index (χ1v) is 5.59. The first-order chi connectivity index (χ1) is 9.22. The molecule has 0 unspecified atom stereocenters. The molecule has 2 aromatic rings. The number of nitrogens with two attached hydrogens (primary N) is 1. The lowest BCUT2D eigenvalue weighted by molar-refractivity contribution is 0.170. The van der Waals surface area contributed by atoms with E-state index in [4.69, 9.17) is 24.5 Å². The van der Waals surface area contributed by atoms with Crippen molar-refractivity contribution in [2.24, 2.45) is 0 Å². The molecular formula is C12H11FN2O4. The summed E-state index contributed by atoms with van der Waals surface area (Å²) in [4.78, 5) is 0. The minimum absolute atomic E-state index is 0.0131. The standard InChI is InChI=1S/C12H11FN2O4/c1-16-10-7(13)4-8-11(18-3-2-17-8)9(10)6-5-15-19-12(6)14/h4-5H,2-3,14H2,1H3. The fraction of sp³-hybridized carbons (Fsp3) is 0.250. The van der Waals surface area contributed by atoms with E-state index in [1.807, 2.05) is 0 Å². The SMILES string of the molecule is COc1c(F)cc2c(c1-c1cnoc1N)OCCO2. The highest BCUT2D eigenvalue weighted by Crippen LogP contribution is 2.48. The highest BCUT2D eigenvalue weighted by atomic mass is 19.1. The first kappa shape index (κ1) is 11.6. The molecule has 2 N–H and O–H groups in total. The summed E-state index contributed by atoms with van der Waals surface area (Å²) in [5.41, 5.74) is 6.42. The molecule has 0 atom stereocenters. The van der Waals surface area contributed by atoms with Crippen LogP contribution in [0, 0.1) is 5.82 Å². The average Bonchev–Trinajstić information content (AvgIpc) is 2.83. The molecule has 0 radical (unpaired) electrons. The molecule has 2 heterocycles. The number of fused-ring (bicyclic) bond motifs is 1. The minimum atomic E-state index is -0.567. The summed E-state index contributed by atoms with van der Waals surface area (Å²) >= 11 is 0. The summed E-state index contributed by atoms with van der Waals surface area (Å²) in [7, 11) is 1.36. The lowest BCUT2D eigenvalue weighted by atomic mass is 10.0. The molecule has 0 fully saturated rings. The second-order valence-electron chi connectivity index (χ2n) is 3.89. The number of nitrogens with zero attached hydrogens (tertiary/aromatic N) is 1. The third-order valence-corrected chi connectivity index (χ3v) is 2.81. The maximum absolute atomic E-state index is 14.0. The molecule has 0 spiro atoms. The predicted molar refractivity (Wildman–Crippen MR) is 63.9 cm³/mol. The molecular weight excluding hydrogens is 255 g/mol. The number of benzene rings is 1. The van der Waals surface area contributed by atoms with E-state index < -0.39 is 5.82 Å². The third kappa shape index (κ3) is 1.74. The van der Waals surface area contributed by atoms with E-state index in [1.54, 1.807) is 0 Å². The number of ether oxygens (including phenoxy) is 3. The molecule has 1 aromatic carbocycles. The molecule has 0 amide bonds. The van der Waals surface area contributed by atoms with Crippen molar-refractivity contribution in [3.05, 3.63) is 18.1 Å². The van der Waals surface area contributed by atoms with Crippen molar-refractivity contribution in [2.45, 2.75) is 0 Å². The Labute approximate surface area is 107 Å². The summed E-state index contributed by atoms with van der Waals surface area (Å²) in [6, 6.07) is 1.22. The van der Waals surface area contributed by atoms with Crippen molar-refractivity contribution < 1.29 is 23.1 Å². The van der Waals surface area contributed by atoms with Gasteiger partial charge in [0.1, 0.15) is 13.2 Å². The van der Waals surface area contributed by atoms with Gasteiger partial charge in [0.05, 0.1) is 24.4 Å². The quantitative estimate of drug-likeness (QED) is 0.893. The summed E-state index contributed by atoms with van der Waals surface area (Å²) in [6.45, 7) is 0.720. The molecule has 0 saturated heterocycles. The number of halogens is 1. The van der Waals surface area contributed by atoms with Crippen molar-refractivity contribution in [3.63, 3.8) is 0 Å². The molecule has 3 rings (SSSR count). The number of nitrogen functional groups attached to an aromatic ring is 1. The normalized spacial score (nSPS) is 13.4. The number of hydrogen-bond donors (Lipinski definition) is 1. The van der Waals surface area contributed by atoms with E-state index in [1.165, 1.54) is 19.4 Å². The highest BCUT2D eigenvalue weighted by molar-refractivity contribution is 5.84. The number of methoxy groups -OCH3 is 1. The number of rotatable bonds is 2. The Kier molecular flexibility index (Phi) is 2.66. The highest BCUT2D eigenvalue weighted by Gasteiger charge is 2.27. The van der Waals surface area contributed by atoms with E-state index in [0.717, 1.165) is 0 Å². The number of hydrogen-bond acceptors (Lipinski definition) is 6. The smallest absolute Gasteiger partial charge is 0.230 e. The van der Waals surface area contributed by atoms with Gasteiger partial charge in [0, 0.05) is 6.07 Å². The zero-order valence-corrected chi connectivity index (χ0v) is 10.1. The summed E-state index contributed by atoms with van der Waals surface area (Å²) in [5.74, 6) is 0.182. The largest absolute Gasteiger partial charge is 0.493 e. The number of aromatic nitrogens is 1. The molecule has 0 aliphatic carbocycles. The lowest BCUT2D eigenvalue weighted by Gasteiger charge is -2.22. The fourth-order valence-electron chi connectivity index (χ4n) is 2.02. The van der Waals surface area contributed by atoms with E-state index in [9.17, 15) is 4.39 Å². The van der Waals surface area contributed by atoms with Crippen molar-refractivity contribution >= 4 is 5.88 Å². The molecule has 0 saturated carbocycles. The molecule has 100 valence electrons. The molecule has 0 bridgehead atoms. The predicted octanol–water partition coefficient (Wildman–Crippen LogP) is 1.84. The number of anilines is 1. The van der Waals surface area contributed by atoms with Gasteiger partial charge in [-0.25, -0.2) is 4.39 Å². The summed E-state index contributed by atoms with van der Waals surface area (Å²) in [6.07, 6.45) is 1.38. The lowest BCUT2D eigenvalue weighted by Crippen LogP contribution is -2.16. The monoisotopic (exact) mass is 266 g/mol. The van der Waals surface area contributed by atoms with E-state index in [-0.39, 0.29) is 11.6 Å².